The van der Waals surface area contributed by atoms with Crippen LogP contribution in [0.1, 0.15) is 22.8 Å². The Balaban J connectivity index is 2.69. The maximum absolute atomic E-state index is 11.7. The summed E-state index contributed by atoms with van der Waals surface area (Å²) in [6.45, 7) is 3.49. The van der Waals surface area contributed by atoms with E-state index in [4.69, 9.17) is 0 Å². The van der Waals surface area contributed by atoms with Gasteiger partial charge in [0.05, 0.1) is 7.11 Å². The van der Waals surface area contributed by atoms with E-state index in [1.165, 1.54) is 7.11 Å². The highest BCUT2D eigenvalue weighted by Crippen LogP contribution is 2.04. The molecule has 4 heteroatoms. The Hall–Kier alpha value is -1.84. The fourth-order valence-corrected chi connectivity index (χ4v) is 1.30. The van der Waals surface area contributed by atoms with Crippen molar-refractivity contribution in [2.24, 2.45) is 0 Å². The van der Waals surface area contributed by atoms with Crippen molar-refractivity contribution in [3.63, 3.8) is 0 Å². The van der Waals surface area contributed by atoms with Crippen LogP contribution >= 0.6 is 0 Å². The van der Waals surface area contributed by atoms with E-state index < -0.39 is 12.0 Å². The third-order valence-corrected chi connectivity index (χ3v) is 2.18. The highest BCUT2D eigenvalue weighted by atomic mass is 16.5. The predicted octanol–water partition coefficient (Wildman–Crippen LogP) is 1.29. The third-order valence-electron chi connectivity index (χ3n) is 2.18. The Kier molecular flexibility index (Phi) is 4.05. The van der Waals surface area contributed by atoms with Crippen LogP contribution in [0.15, 0.2) is 24.3 Å². The van der Waals surface area contributed by atoms with Crippen LogP contribution in [0.4, 0.5) is 0 Å². The maximum Gasteiger partial charge on any atom is 0.328 e. The minimum atomic E-state index is -0.641. The highest BCUT2D eigenvalue weighted by Gasteiger charge is 2.16. The fraction of sp³-hybridized carbons (Fsp3) is 0.333. The first-order chi connectivity index (χ1) is 7.54. The first kappa shape index (κ1) is 12.2. The lowest BCUT2D eigenvalue weighted by Crippen LogP contribution is -2.39. The first-order valence-electron chi connectivity index (χ1n) is 5.00. The van der Waals surface area contributed by atoms with Crippen molar-refractivity contribution in [1.29, 1.82) is 0 Å². The number of aryl methyl sites for hydroxylation is 1. The second-order valence-corrected chi connectivity index (χ2v) is 3.59. The second-order valence-electron chi connectivity index (χ2n) is 3.59. The van der Waals surface area contributed by atoms with E-state index in [9.17, 15) is 9.59 Å². The molecule has 0 aromatic heterocycles. The van der Waals surface area contributed by atoms with Gasteiger partial charge in [-0.15, -0.1) is 0 Å². The standard InChI is InChI=1S/C12H15NO3/c1-8-5-4-6-10(7-8)11(14)13-9(2)12(15)16-3/h4-7,9H,1-3H3,(H,13,14)/t9-/m1/s1. The Morgan fingerprint density at radius 1 is 1.38 bits per heavy atom. The van der Waals surface area contributed by atoms with Gasteiger partial charge in [-0.05, 0) is 26.0 Å². The number of amides is 1. The summed E-state index contributed by atoms with van der Waals surface area (Å²) < 4.78 is 4.52. The van der Waals surface area contributed by atoms with Crippen LogP contribution in [0.2, 0.25) is 0 Å². The van der Waals surface area contributed by atoms with Crippen molar-refractivity contribution in [3.8, 4) is 0 Å². The molecule has 0 bridgehead atoms. The van der Waals surface area contributed by atoms with Gasteiger partial charge in [0.15, 0.2) is 0 Å². The number of esters is 1. The molecule has 1 rings (SSSR count). The van der Waals surface area contributed by atoms with Gasteiger partial charge in [-0.2, -0.15) is 0 Å². The van der Waals surface area contributed by atoms with Gasteiger partial charge in [0.1, 0.15) is 6.04 Å². The topological polar surface area (TPSA) is 55.4 Å². The van der Waals surface area contributed by atoms with E-state index in [0.717, 1.165) is 5.56 Å². The molecule has 1 atom stereocenters. The molecule has 1 aromatic rings. The lowest BCUT2D eigenvalue weighted by Gasteiger charge is -2.11. The highest BCUT2D eigenvalue weighted by molar-refractivity contribution is 5.96. The molecule has 0 radical (unpaired) electrons. The van der Waals surface area contributed by atoms with E-state index in [2.05, 4.69) is 10.1 Å². The van der Waals surface area contributed by atoms with Crippen molar-refractivity contribution >= 4 is 11.9 Å². The zero-order valence-electron chi connectivity index (χ0n) is 9.61. The van der Waals surface area contributed by atoms with E-state index in [0.29, 0.717) is 5.56 Å². The van der Waals surface area contributed by atoms with Gasteiger partial charge in [-0.3, -0.25) is 4.79 Å². The summed E-state index contributed by atoms with van der Waals surface area (Å²) in [5.74, 6) is -0.734. The number of methoxy groups -OCH3 is 1. The summed E-state index contributed by atoms with van der Waals surface area (Å²) in [4.78, 5) is 22.8. The van der Waals surface area contributed by atoms with Crippen LogP contribution in [0.3, 0.4) is 0 Å². The van der Waals surface area contributed by atoms with Crippen molar-refractivity contribution in [2.45, 2.75) is 19.9 Å². The van der Waals surface area contributed by atoms with Gasteiger partial charge in [-0.1, -0.05) is 17.7 Å². The molecule has 0 saturated heterocycles. The van der Waals surface area contributed by atoms with E-state index in [-0.39, 0.29) is 5.91 Å². The molecule has 0 aliphatic carbocycles. The van der Waals surface area contributed by atoms with Gasteiger partial charge >= 0.3 is 5.97 Å². The molecule has 86 valence electrons. The van der Waals surface area contributed by atoms with Gasteiger partial charge in [-0.25, -0.2) is 4.79 Å². The largest absolute Gasteiger partial charge is 0.467 e. The van der Waals surface area contributed by atoms with Crippen molar-refractivity contribution in [2.75, 3.05) is 7.11 Å². The molecule has 0 unspecified atom stereocenters. The molecular formula is C12H15NO3. The first-order valence-corrected chi connectivity index (χ1v) is 5.00. The molecule has 4 nitrogen and oxygen atoms in total. The molecule has 0 spiro atoms. The number of ether oxygens (including phenoxy) is 1. The van der Waals surface area contributed by atoms with Crippen LogP contribution in [-0.4, -0.2) is 25.0 Å². The fourth-order valence-electron chi connectivity index (χ4n) is 1.30. The minimum Gasteiger partial charge on any atom is -0.467 e. The van der Waals surface area contributed by atoms with Crippen LogP contribution < -0.4 is 5.32 Å². The lowest BCUT2D eigenvalue weighted by atomic mass is 10.1. The Morgan fingerprint density at radius 2 is 2.06 bits per heavy atom. The number of carbonyl (C=O) groups excluding carboxylic acids is 2. The lowest BCUT2D eigenvalue weighted by molar-refractivity contribution is -0.142. The van der Waals surface area contributed by atoms with Gasteiger partial charge < -0.3 is 10.1 Å². The third kappa shape index (κ3) is 3.08. The average molecular weight is 221 g/mol. The van der Waals surface area contributed by atoms with Crippen molar-refractivity contribution < 1.29 is 14.3 Å². The second kappa shape index (κ2) is 5.30. The number of hydrogen-bond acceptors (Lipinski definition) is 3. The SMILES string of the molecule is COC(=O)[C@@H](C)NC(=O)c1cccc(C)c1. The maximum atomic E-state index is 11.7. The Morgan fingerprint density at radius 3 is 2.62 bits per heavy atom. The number of nitrogens with one attached hydrogen (secondary N) is 1. The summed E-state index contributed by atoms with van der Waals surface area (Å²) in [6.07, 6.45) is 0. The molecular weight excluding hydrogens is 206 g/mol. The number of hydrogen-bond donors (Lipinski definition) is 1. The quantitative estimate of drug-likeness (QED) is 0.782. The number of benzene rings is 1. The molecule has 0 heterocycles. The van der Waals surface area contributed by atoms with E-state index >= 15 is 0 Å². The summed E-state index contributed by atoms with van der Waals surface area (Å²) >= 11 is 0. The van der Waals surface area contributed by atoms with Crippen LogP contribution in [0.25, 0.3) is 0 Å². The Labute approximate surface area is 94.6 Å². The zero-order chi connectivity index (χ0) is 12.1. The minimum absolute atomic E-state index is 0.276. The molecule has 0 fully saturated rings. The van der Waals surface area contributed by atoms with Crippen LogP contribution in [0, 0.1) is 6.92 Å². The summed E-state index contributed by atoms with van der Waals surface area (Å²) in [6, 6.07) is 6.53. The normalized spacial score (nSPS) is 11.7. The van der Waals surface area contributed by atoms with Crippen molar-refractivity contribution in [1.82, 2.24) is 5.32 Å². The molecule has 0 aliphatic heterocycles. The smallest absolute Gasteiger partial charge is 0.328 e. The van der Waals surface area contributed by atoms with E-state index in [1.54, 1.807) is 25.1 Å². The molecule has 1 aromatic carbocycles. The van der Waals surface area contributed by atoms with Crippen LogP contribution in [-0.2, 0) is 9.53 Å². The summed E-state index contributed by atoms with van der Waals surface area (Å²) in [5.41, 5.74) is 1.54. The Bertz CT molecular complexity index is 401. The molecule has 0 aliphatic rings. The number of carbonyl (C=O) groups is 2. The van der Waals surface area contributed by atoms with E-state index in [1.807, 2.05) is 13.0 Å². The van der Waals surface area contributed by atoms with Gasteiger partial charge in [0.25, 0.3) is 5.91 Å². The average Bonchev–Trinajstić information content (AvgIpc) is 2.27. The predicted molar refractivity (Wildman–Crippen MR) is 60.1 cm³/mol. The number of rotatable bonds is 3. The molecule has 1 amide bonds. The molecule has 0 saturated carbocycles. The van der Waals surface area contributed by atoms with Gasteiger partial charge in [0.2, 0.25) is 0 Å². The summed E-state index contributed by atoms with van der Waals surface area (Å²) in [5, 5.41) is 2.56. The molecule has 1 N–H and O–H groups in total. The van der Waals surface area contributed by atoms with Gasteiger partial charge in [0, 0.05) is 5.56 Å². The van der Waals surface area contributed by atoms with Crippen LogP contribution in [0.5, 0.6) is 0 Å². The zero-order valence-corrected chi connectivity index (χ0v) is 9.61. The monoisotopic (exact) mass is 221 g/mol. The molecule has 16 heavy (non-hydrogen) atoms. The summed E-state index contributed by atoms with van der Waals surface area (Å²) in [7, 11) is 1.29. The van der Waals surface area contributed by atoms with Crippen molar-refractivity contribution in [3.05, 3.63) is 35.4 Å².